The van der Waals surface area contributed by atoms with Gasteiger partial charge in [0, 0.05) is 11.4 Å². The molecular formula is C8H14INO5. The Morgan fingerprint density at radius 3 is 2.47 bits per heavy atom. The van der Waals surface area contributed by atoms with Crippen molar-refractivity contribution < 1.29 is 24.9 Å². The van der Waals surface area contributed by atoms with Gasteiger partial charge in [0.15, 0.2) is 6.29 Å². The summed E-state index contributed by atoms with van der Waals surface area (Å²) in [7, 11) is 0. The van der Waals surface area contributed by atoms with E-state index in [0.29, 0.717) is 4.43 Å². The molecule has 15 heavy (non-hydrogen) atoms. The molecule has 0 spiro atoms. The average molecular weight is 331 g/mol. The summed E-state index contributed by atoms with van der Waals surface area (Å²) in [6, 6.07) is -0.897. The minimum atomic E-state index is -1.38. The third kappa shape index (κ3) is 3.00. The molecule has 0 unspecified atom stereocenters. The molecule has 1 saturated heterocycles. The van der Waals surface area contributed by atoms with E-state index in [0.717, 1.165) is 0 Å². The molecule has 0 radical (unpaired) electrons. The van der Waals surface area contributed by atoms with Gasteiger partial charge in [-0.05, 0) is 0 Å². The van der Waals surface area contributed by atoms with Crippen LogP contribution in [0.1, 0.15) is 6.92 Å². The van der Waals surface area contributed by atoms with Gasteiger partial charge < -0.3 is 25.4 Å². The van der Waals surface area contributed by atoms with Gasteiger partial charge in [-0.25, -0.2) is 0 Å². The van der Waals surface area contributed by atoms with Gasteiger partial charge in [-0.3, -0.25) is 4.79 Å². The van der Waals surface area contributed by atoms with Crippen LogP contribution in [-0.2, 0) is 9.53 Å². The molecule has 1 aliphatic rings. The molecule has 0 aromatic carbocycles. The smallest absolute Gasteiger partial charge is 0.217 e. The average Bonchev–Trinajstić information content (AvgIpc) is 2.18. The van der Waals surface area contributed by atoms with Gasteiger partial charge in [0.1, 0.15) is 12.2 Å². The lowest BCUT2D eigenvalue weighted by molar-refractivity contribution is -0.249. The predicted octanol–water partition coefficient (Wildman–Crippen LogP) is -1.63. The Hall–Kier alpha value is 0.0400. The monoisotopic (exact) mass is 331 g/mol. The second-order valence-corrected chi connectivity index (χ2v) is 4.31. The lowest BCUT2D eigenvalue weighted by Gasteiger charge is -2.40. The number of amides is 1. The number of rotatable bonds is 2. The van der Waals surface area contributed by atoms with Crippen LogP contribution in [0.4, 0.5) is 0 Å². The van der Waals surface area contributed by atoms with Crippen molar-refractivity contribution in [2.24, 2.45) is 0 Å². The number of carbonyl (C=O) groups excluding carboxylic acids is 1. The first kappa shape index (κ1) is 13.1. The molecule has 0 aliphatic carbocycles. The number of halogens is 1. The van der Waals surface area contributed by atoms with Crippen LogP contribution in [0.25, 0.3) is 0 Å². The van der Waals surface area contributed by atoms with Gasteiger partial charge >= 0.3 is 0 Å². The van der Waals surface area contributed by atoms with Crippen LogP contribution < -0.4 is 5.32 Å². The van der Waals surface area contributed by atoms with E-state index in [1.807, 2.05) is 22.6 Å². The Labute approximate surface area is 101 Å². The normalized spacial score (nSPS) is 41.3. The topological polar surface area (TPSA) is 99.0 Å². The van der Waals surface area contributed by atoms with Crippen LogP contribution in [0.5, 0.6) is 0 Å². The highest BCUT2D eigenvalue weighted by molar-refractivity contribution is 14.1. The summed E-state index contributed by atoms with van der Waals surface area (Å²) in [4.78, 5) is 10.8. The molecule has 1 rings (SSSR count). The molecule has 0 bridgehead atoms. The van der Waals surface area contributed by atoms with Crippen LogP contribution in [0.15, 0.2) is 0 Å². The van der Waals surface area contributed by atoms with Crippen LogP contribution in [0.2, 0.25) is 0 Å². The summed E-state index contributed by atoms with van der Waals surface area (Å²) in [6.07, 6.45) is -4.32. The number of ether oxygens (including phenoxy) is 1. The maximum absolute atomic E-state index is 10.8. The minimum Gasteiger partial charge on any atom is -0.388 e. The van der Waals surface area contributed by atoms with Crippen LogP contribution in [0.3, 0.4) is 0 Å². The SMILES string of the molecule is CC(=O)N[C@@H]1[C@H](O)[C@@H](O)O[C@H](CI)[C@H]1O. The molecule has 6 nitrogen and oxygen atoms in total. The summed E-state index contributed by atoms with van der Waals surface area (Å²) < 4.78 is 5.43. The fraction of sp³-hybridized carbons (Fsp3) is 0.875. The van der Waals surface area contributed by atoms with Gasteiger partial charge in [0.2, 0.25) is 5.91 Å². The third-order valence-electron chi connectivity index (χ3n) is 2.25. The fourth-order valence-electron chi connectivity index (χ4n) is 1.48. The van der Waals surface area contributed by atoms with E-state index in [-0.39, 0.29) is 5.91 Å². The maximum Gasteiger partial charge on any atom is 0.217 e. The van der Waals surface area contributed by atoms with E-state index >= 15 is 0 Å². The first-order valence-corrected chi connectivity index (χ1v) is 6.02. The molecule has 0 aromatic heterocycles. The molecule has 0 saturated carbocycles. The van der Waals surface area contributed by atoms with E-state index < -0.39 is 30.6 Å². The van der Waals surface area contributed by atoms with Crippen LogP contribution in [-0.4, -0.2) is 56.3 Å². The van der Waals surface area contributed by atoms with Crippen molar-refractivity contribution in [2.75, 3.05) is 4.43 Å². The number of hydrogen-bond donors (Lipinski definition) is 4. The van der Waals surface area contributed by atoms with Gasteiger partial charge in [-0.1, -0.05) is 22.6 Å². The molecule has 1 amide bonds. The molecule has 88 valence electrons. The number of alkyl halides is 1. The third-order valence-corrected chi connectivity index (χ3v) is 3.11. The number of nitrogens with one attached hydrogen (secondary N) is 1. The van der Waals surface area contributed by atoms with E-state index in [1.165, 1.54) is 6.92 Å². The van der Waals surface area contributed by atoms with E-state index in [2.05, 4.69) is 5.32 Å². The second kappa shape index (κ2) is 5.39. The number of carbonyl (C=O) groups is 1. The Morgan fingerprint density at radius 2 is 2.00 bits per heavy atom. The molecule has 7 heteroatoms. The molecule has 4 N–H and O–H groups in total. The summed E-state index contributed by atoms with van der Waals surface area (Å²) >= 11 is 1.99. The zero-order valence-electron chi connectivity index (χ0n) is 8.13. The maximum atomic E-state index is 10.8. The van der Waals surface area contributed by atoms with E-state index in [4.69, 9.17) is 4.74 Å². The standard InChI is InChI=1S/C8H14INO5/c1-3(11)10-5-6(12)4(2-9)15-8(14)7(5)13/h4-8,12-14H,2H2,1H3,(H,10,11)/t4-,5+,6-,7+,8+/m1/s1. The van der Waals surface area contributed by atoms with Gasteiger partial charge in [-0.2, -0.15) is 0 Å². The van der Waals surface area contributed by atoms with E-state index in [9.17, 15) is 20.1 Å². The quantitative estimate of drug-likeness (QED) is 0.360. The minimum absolute atomic E-state index is 0.376. The van der Waals surface area contributed by atoms with Crippen molar-refractivity contribution >= 4 is 28.5 Å². The fourth-order valence-corrected chi connectivity index (χ4v) is 2.21. The number of hydrogen-bond acceptors (Lipinski definition) is 5. The van der Waals surface area contributed by atoms with Gasteiger partial charge in [0.05, 0.1) is 12.1 Å². The molecular weight excluding hydrogens is 317 g/mol. The summed E-state index contributed by atoms with van der Waals surface area (Å²) in [6.45, 7) is 1.28. The van der Waals surface area contributed by atoms with Crippen molar-refractivity contribution in [2.45, 2.75) is 37.6 Å². The highest BCUT2D eigenvalue weighted by Gasteiger charge is 2.43. The number of aliphatic hydroxyl groups excluding tert-OH is 3. The van der Waals surface area contributed by atoms with Crippen molar-refractivity contribution in [3.63, 3.8) is 0 Å². The molecule has 1 heterocycles. The lowest BCUT2D eigenvalue weighted by atomic mass is 9.97. The summed E-state index contributed by atoms with van der Waals surface area (Å²) in [5, 5.41) is 31.0. The van der Waals surface area contributed by atoms with Crippen molar-refractivity contribution in [3.05, 3.63) is 0 Å². The van der Waals surface area contributed by atoms with Crippen molar-refractivity contribution in [3.8, 4) is 0 Å². The molecule has 1 fully saturated rings. The first-order valence-electron chi connectivity index (χ1n) is 4.50. The predicted molar refractivity (Wildman–Crippen MR) is 59.4 cm³/mol. The summed E-state index contributed by atoms with van der Waals surface area (Å²) in [5.74, 6) is -0.376. The number of aliphatic hydroxyl groups is 3. The second-order valence-electron chi connectivity index (χ2n) is 3.43. The van der Waals surface area contributed by atoms with E-state index in [1.54, 1.807) is 0 Å². The van der Waals surface area contributed by atoms with Crippen molar-refractivity contribution in [1.29, 1.82) is 0 Å². The van der Waals surface area contributed by atoms with Crippen LogP contribution >= 0.6 is 22.6 Å². The molecule has 0 aromatic rings. The van der Waals surface area contributed by atoms with Gasteiger partial charge in [-0.15, -0.1) is 0 Å². The highest BCUT2D eigenvalue weighted by Crippen LogP contribution is 2.21. The molecule has 5 atom stereocenters. The Balaban J connectivity index is 2.74. The zero-order valence-corrected chi connectivity index (χ0v) is 10.3. The van der Waals surface area contributed by atoms with Gasteiger partial charge in [0.25, 0.3) is 0 Å². The van der Waals surface area contributed by atoms with Crippen molar-refractivity contribution in [1.82, 2.24) is 5.32 Å². The first-order chi connectivity index (χ1) is 6.97. The van der Waals surface area contributed by atoms with Crippen LogP contribution in [0, 0.1) is 0 Å². The zero-order chi connectivity index (χ0) is 11.6. The Kier molecular flexibility index (Phi) is 4.71. The molecule has 1 aliphatic heterocycles. The Bertz CT molecular complexity index is 239. The highest BCUT2D eigenvalue weighted by atomic mass is 127. The lowest BCUT2D eigenvalue weighted by Crippen LogP contribution is -2.63. The largest absolute Gasteiger partial charge is 0.388 e. The Morgan fingerprint density at radius 1 is 1.40 bits per heavy atom. The summed E-state index contributed by atoms with van der Waals surface area (Å²) in [5.41, 5.74) is 0.